The van der Waals surface area contributed by atoms with Crippen molar-refractivity contribution in [2.75, 3.05) is 39.2 Å². The zero-order valence-electron chi connectivity index (χ0n) is 15.0. The lowest BCUT2D eigenvalue weighted by atomic mass is 10.3. The van der Waals surface area contributed by atoms with Gasteiger partial charge in [0.1, 0.15) is 10.7 Å². The monoisotopic (exact) mass is 390 g/mol. The number of nitrogens with zero attached hydrogens (tertiary/aromatic N) is 4. The van der Waals surface area contributed by atoms with Crippen LogP contribution < -0.4 is 9.64 Å². The highest BCUT2D eigenvalue weighted by Crippen LogP contribution is 2.32. The minimum Gasteiger partial charge on any atom is -0.497 e. The molecule has 0 bridgehead atoms. The van der Waals surface area contributed by atoms with Gasteiger partial charge in [-0.2, -0.15) is 0 Å². The second-order valence-electron chi connectivity index (χ2n) is 5.99. The largest absolute Gasteiger partial charge is 0.497 e. The van der Waals surface area contributed by atoms with Crippen LogP contribution in [-0.4, -0.2) is 55.0 Å². The molecule has 0 spiro atoms. The summed E-state index contributed by atoms with van der Waals surface area (Å²) in [7, 11) is 5.37. The maximum Gasteiger partial charge on any atom is 0.433 e. The van der Waals surface area contributed by atoms with E-state index in [-0.39, 0.29) is 5.76 Å². The molecule has 9 nitrogen and oxygen atoms in total. The van der Waals surface area contributed by atoms with Crippen molar-refractivity contribution in [1.29, 1.82) is 0 Å². The summed E-state index contributed by atoms with van der Waals surface area (Å²) in [5, 5.41) is 11.3. The molecule has 1 amide bonds. The molecule has 10 heteroatoms. The molecular formula is C17H18N4O5S. The van der Waals surface area contributed by atoms with E-state index in [1.165, 1.54) is 28.4 Å². The lowest BCUT2D eigenvalue weighted by Gasteiger charge is -2.20. The number of fused-ring (bicyclic) bond motifs is 1. The molecular weight excluding hydrogens is 372 g/mol. The van der Waals surface area contributed by atoms with E-state index in [1.807, 2.05) is 31.1 Å². The van der Waals surface area contributed by atoms with Crippen LogP contribution in [0.1, 0.15) is 10.6 Å². The Morgan fingerprint density at radius 2 is 2.07 bits per heavy atom. The van der Waals surface area contributed by atoms with Gasteiger partial charge < -0.3 is 14.1 Å². The minimum absolute atomic E-state index is 0.0997. The molecule has 2 aromatic heterocycles. The molecule has 0 N–H and O–H groups in total. The average molecular weight is 390 g/mol. The Kier molecular flexibility index (Phi) is 5.38. The standard InChI is InChI=1S/C17H18N4O5S/c1-19(2)8-9-20(16(22)13-6-7-15(26-13)21(23)24)17-18-12-5-4-11(25-3)10-14(12)27-17/h4-7,10H,8-9H2,1-3H3. The van der Waals surface area contributed by atoms with E-state index in [0.717, 1.165) is 10.2 Å². The number of hydrogen-bond donors (Lipinski definition) is 0. The first-order valence-corrected chi connectivity index (χ1v) is 8.86. The molecule has 0 saturated heterocycles. The lowest BCUT2D eigenvalue weighted by molar-refractivity contribution is -0.402. The van der Waals surface area contributed by atoms with E-state index in [9.17, 15) is 14.9 Å². The SMILES string of the molecule is COc1ccc2nc(N(CCN(C)C)C(=O)c3ccc([N+](=O)[O-])o3)sc2c1. The molecule has 1 aromatic carbocycles. The first-order chi connectivity index (χ1) is 12.9. The normalized spacial score (nSPS) is 11.1. The summed E-state index contributed by atoms with van der Waals surface area (Å²) >= 11 is 1.34. The Balaban J connectivity index is 1.96. The molecule has 0 aliphatic heterocycles. The number of carbonyl (C=O) groups is 1. The summed E-state index contributed by atoms with van der Waals surface area (Å²) in [6, 6.07) is 7.94. The van der Waals surface area contributed by atoms with Gasteiger partial charge in [0.25, 0.3) is 5.91 Å². The van der Waals surface area contributed by atoms with Crippen molar-refractivity contribution in [3.8, 4) is 5.75 Å². The van der Waals surface area contributed by atoms with Crippen LogP contribution in [0, 0.1) is 10.1 Å². The minimum atomic E-state index is -0.676. The Morgan fingerprint density at radius 3 is 2.70 bits per heavy atom. The van der Waals surface area contributed by atoms with E-state index in [0.29, 0.717) is 24.0 Å². The maximum atomic E-state index is 12.9. The summed E-state index contributed by atoms with van der Waals surface area (Å²) in [4.78, 5) is 31.0. The van der Waals surface area contributed by atoms with Gasteiger partial charge in [0.05, 0.1) is 23.4 Å². The fourth-order valence-corrected chi connectivity index (χ4v) is 3.41. The van der Waals surface area contributed by atoms with Gasteiger partial charge in [0.15, 0.2) is 10.9 Å². The van der Waals surface area contributed by atoms with Crippen LogP contribution in [0.25, 0.3) is 10.2 Å². The first-order valence-electron chi connectivity index (χ1n) is 8.04. The quantitative estimate of drug-likeness (QED) is 0.451. The Bertz CT molecular complexity index is 981. The predicted octanol–water partition coefficient (Wildman–Crippen LogP) is 3.01. The van der Waals surface area contributed by atoms with Gasteiger partial charge in [0, 0.05) is 13.1 Å². The lowest BCUT2D eigenvalue weighted by Crippen LogP contribution is -2.36. The van der Waals surface area contributed by atoms with Gasteiger partial charge >= 0.3 is 5.88 Å². The number of carbonyl (C=O) groups excluding carboxylic acids is 1. The van der Waals surface area contributed by atoms with Gasteiger partial charge in [-0.3, -0.25) is 19.8 Å². The number of amides is 1. The zero-order chi connectivity index (χ0) is 19.6. The average Bonchev–Trinajstić information content (AvgIpc) is 3.27. The molecule has 0 atom stereocenters. The van der Waals surface area contributed by atoms with Crippen molar-refractivity contribution in [2.45, 2.75) is 0 Å². The highest BCUT2D eigenvalue weighted by atomic mass is 32.1. The third kappa shape index (κ3) is 4.07. The summed E-state index contributed by atoms with van der Waals surface area (Å²) in [5.41, 5.74) is 0.740. The Hall–Kier alpha value is -2.98. The number of aromatic nitrogens is 1. The summed E-state index contributed by atoms with van der Waals surface area (Å²) < 4.78 is 11.2. The summed E-state index contributed by atoms with van der Waals surface area (Å²) in [5.74, 6) is -0.348. The smallest absolute Gasteiger partial charge is 0.433 e. The number of likely N-dealkylation sites (N-methyl/N-ethyl adjacent to an activating group) is 1. The van der Waals surface area contributed by atoms with Crippen molar-refractivity contribution in [3.63, 3.8) is 0 Å². The number of thiazole rings is 1. The van der Waals surface area contributed by atoms with Gasteiger partial charge in [-0.25, -0.2) is 4.98 Å². The Morgan fingerprint density at radius 1 is 1.30 bits per heavy atom. The number of furan rings is 1. The molecule has 0 aliphatic carbocycles. The molecule has 0 unspecified atom stereocenters. The van der Waals surface area contributed by atoms with Gasteiger partial charge in [0.2, 0.25) is 0 Å². The van der Waals surface area contributed by atoms with Crippen LogP contribution in [0.3, 0.4) is 0 Å². The third-order valence-corrected chi connectivity index (χ3v) is 4.85. The third-order valence-electron chi connectivity index (χ3n) is 3.81. The van der Waals surface area contributed by atoms with Gasteiger partial charge in [-0.1, -0.05) is 11.3 Å². The van der Waals surface area contributed by atoms with E-state index in [4.69, 9.17) is 9.15 Å². The molecule has 0 radical (unpaired) electrons. The number of hydrogen-bond acceptors (Lipinski definition) is 8. The second-order valence-corrected chi connectivity index (χ2v) is 6.99. The molecule has 27 heavy (non-hydrogen) atoms. The molecule has 2 heterocycles. The molecule has 3 rings (SSSR count). The van der Waals surface area contributed by atoms with Gasteiger partial charge in [-0.15, -0.1) is 0 Å². The maximum absolute atomic E-state index is 12.9. The van der Waals surface area contributed by atoms with Crippen LogP contribution in [0.4, 0.5) is 11.0 Å². The second kappa shape index (κ2) is 7.72. The molecule has 0 saturated carbocycles. The number of ether oxygens (including phenoxy) is 1. The van der Waals surface area contributed by atoms with Crippen molar-refractivity contribution in [2.24, 2.45) is 0 Å². The van der Waals surface area contributed by atoms with Crippen LogP contribution in [-0.2, 0) is 0 Å². The van der Waals surface area contributed by atoms with Gasteiger partial charge in [-0.05, 0) is 38.4 Å². The van der Waals surface area contributed by atoms with E-state index in [2.05, 4.69) is 4.98 Å². The fraction of sp³-hybridized carbons (Fsp3) is 0.294. The zero-order valence-corrected chi connectivity index (χ0v) is 15.9. The Labute approximate surface area is 158 Å². The summed E-state index contributed by atoms with van der Waals surface area (Å²) in [6.45, 7) is 0.949. The van der Waals surface area contributed by atoms with Crippen LogP contribution in [0.2, 0.25) is 0 Å². The number of benzene rings is 1. The van der Waals surface area contributed by atoms with Crippen LogP contribution in [0.15, 0.2) is 34.7 Å². The van der Waals surface area contributed by atoms with Crippen molar-refractivity contribution in [3.05, 3.63) is 46.2 Å². The topological polar surface area (TPSA) is 102 Å². The highest BCUT2D eigenvalue weighted by molar-refractivity contribution is 7.22. The molecule has 142 valence electrons. The van der Waals surface area contributed by atoms with E-state index in [1.54, 1.807) is 13.2 Å². The fourth-order valence-electron chi connectivity index (χ4n) is 2.39. The predicted molar refractivity (Wildman–Crippen MR) is 102 cm³/mol. The summed E-state index contributed by atoms with van der Waals surface area (Å²) in [6.07, 6.45) is 0. The number of anilines is 1. The van der Waals surface area contributed by atoms with E-state index >= 15 is 0 Å². The first kappa shape index (κ1) is 18.8. The molecule has 0 aliphatic rings. The molecule has 3 aromatic rings. The number of methoxy groups -OCH3 is 1. The highest BCUT2D eigenvalue weighted by Gasteiger charge is 2.26. The molecule has 0 fully saturated rings. The van der Waals surface area contributed by atoms with Crippen LogP contribution in [0.5, 0.6) is 5.75 Å². The van der Waals surface area contributed by atoms with Crippen LogP contribution >= 0.6 is 11.3 Å². The van der Waals surface area contributed by atoms with Crippen molar-refractivity contribution in [1.82, 2.24) is 9.88 Å². The van der Waals surface area contributed by atoms with Crippen molar-refractivity contribution >= 4 is 38.5 Å². The number of nitro groups is 1. The van der Waals surface area contributed by atoms with Crippen molar-refractivity contribution < 1.29 is 18.9 Å². The number of rotatable bonds is 7. The van der Waals surface area contributed by atoms with E-state index < -0.39 is 16.7 Å².